The largest absolute Gasteiger partial charge is 0.392 e. The van der Waals surface area contributed by atoms with Crippen LogP contribution in [0.4, 0.5) is 0 Å². The van der Waals surface area contributed by atoms with E-state index in [4.69, 9.17) is 0 Å². The molecule has 1 saturated heterocycles. The number of piperazine rings is 1. The summed E-state index contributed by atoms with van der Waals surface area (Å²) < 4.78 is 27.4. The van der Waals surface area contributed by atoms with Crippen molar-refractivity contribution >= 4 is 15.9 Å². The molecule has 0 bridgehead atoms. The summed E-state index contributed by atoms with van der Waals surface area (Å²) in [4.78, 5) is 16.5. The Hall–Kier alpha value is -1.42. The lowest BCUT2D eigenvalue weighted by Gasteiger charge is -2.35. The maximum atomic E-state index is 12.6. The highest BCUT2D eigenvalue weighted by molar-refractivity contribution is 7.89. The Balaban J connectivity index is 2.08. The van der Waals surface area contributed by atoms with Gasteiger partial charge in [-0.05, 0) is 20.0 Å². The molecule has 130 valence electrons. The first-order valence-electron chi connectivity index (χ1n) is 7.54. The highest BCUT2D eigenvalue weighted by Gasteiger charge is 2.26. The molecule has 1 aliphatic heterocycles. The van der Waals surface area contributed by atoms with E-state index in [0.29, 0.717) is 38.4 Å². The molecule has 0 saturated carbocycles. The lowest BCUT2D eigenvalue weighted by Crippen LogP contribution is -2.50. The number of sulfonamides is 1. The quantitative estimate of drug-likeness (QED) is 0.720. The van der Waals surface area contributed by atoms with E-state index in [2.05, 4.69) is 9.62 Å². The molecule has 9 heteroatoms. The maximum Gasteiger partial charge on any atom is 0.270 e. The van der Waals surface area contributed by atoms with Crippen molar-refractivity contribution in [3.63, 3.8) is 0 Å². The molecule has 2 N–H and O–H groups in total. The van der Waals surface area contributed by atoms with Crippen LogP contribution < -0.4 is 4.72 Å². The number of aryl methyl sites for hydroxylation is 1. The van der Waals surface area contributed by atoms with E-state index in [0.717, 1.165) is 0 Å². The van der Waals surface area contributed by atoms with E-state index in [1.54, 1.807) is 18.9 Å². The van der Waals surface area contributed by atoms with Crippen LogP contribution in [-0.4, -0.2) is 79.7 Å². The van der Waals surface area contributed by atoms with Gasteiger partial charge in [0.1, 0.15) is 10.6 Å². The number of rotatable bonds is 5. The Kier molecular flexibility index (Phi) is 5.45. The van der Waals surface area contributed by atoms with Gasteiger partial charge in [0.05, 0.1) is 6.10 Å². The number of hydrogen-bond acceptors (Lipinski definition) is 5. The summed E-state index contributed by atoms with van der Waals surface area (Å²) in [5, 5.41) is 9.41. The van der Waals surface area contributed by atoms with Gasteiger partial charge in [0.25, 0.3) is 5.91 Å². The van der Waals surface area contributed by atoms with Gasteiger partial charge in [-0.15, -0.1) is 0 Å². The Bertz CT molecular complexity index is 660. The van der Waals surface area contributed by atoms with Gasteiger partial charge in [-0.25, -0.2) is 13.1 Å². The SMILES string of the molecule is CNS(=O)(=O)c1cc(C(=O)N2CCN(C[C@H](C)O)CC2)n(C)c1. The Labute approximate surface area is 136 Å². The number of nitrogens with one attached hydrogen (secondary N) is 1. The molecule has 1 aromatic heterocycles. The van der Waals surface area contributed by atoms with Gasteiger partial charge in [0.15, 0.2) is 0 Å². The fourth-order valence-corrected chi connectivity index (χ4v) is 3.48. The molecular weight excluding hydrogens is 320 g/mol. The van der Waals surface area contributed by atoms with Crippen LogP contribution in [-0.2, 0) is 17.1 Å². The lowest BCUT2D eigenvalue weighted by atomic mass is 10.2. The molecule has 1 fully saturated rings. The molecule has 2 heterocycles. The minimum atomic E-state index is -3.56. The van der Waals surface area contributed by atoms with E-state index in [1.165, 1.54) is 23.9 Å². The highest BCUT2D eigenvalue weighted by Crippen LogP contribution is 2.16. The molecule has 1 amide bonds. The van der Waals surface area contributed by atoms with Crippen LogP contribution >= 0.6 is 0 Å². The third-order valence-corrected chi connectivity index (χ3v) is 5.34. The van der Waals surface area contributed by atoms with Gasteiger partial charge < -0.3 is 14.6 Å². The topological polar surface area (TPSA) is 94.9 Å². The zero-order valence-electron chi connectivity index (χ0n) is 13.7. The van der Waals surface area contributed by atoms with Gasteiger partial charge in [0.2, 0.25) is 10.0 Å². The maximum absolute atomic E-state index is 12.6. The van der Waals surface area contributed by atoms with Gasteiger partial charge in [-0.2, -0.15) is 0 Å². The first-order valence-corrected chi connectivity index (χ1v) is 9.02. The molecule has 0 aromatic carbocycles. The molecule has 0 spiro atoms. The van der Waals surface area contributed by atoms with Gasteiger partial charge in [-0.1, -0.05) is 0 Å². The molecule has 8 nitrogen and oxygen atoms in total. The molecule has 1 aliphatic rings. The number of carbonyl (C=O) groups excluding carboxylic acids is 1. The zero-order valence-corrected chi connectivity index (χ0v) is 14.5. The van der Waals surface area contributed by atoms with Gasteiger partial charge >= 0.3 is 0 Å². The summed E-state index contributed by atoms with van der Waals surface area (Å²) in [5.41, 5.74) is 0.350. The second-order valence-electron chi connectivity index (χ2n) is 5.82. The second-order valence-corrected chi connectivity index (χ2v) is 7.71. The minimum absolute atomic E-state index is 0.0820. The molecule has 23 heavy (non-hydrogen) atoms. The summed E-state index contributed by atoms with van der Waals surface area (Å²) >= 11 is 0. The van der Waals surface area contributed by atoms with E-state index in [9.17, 15) is 18.3 Å². The molecule has 2 rings (SSSR count). The summed E-state index contributed by atoms with van der Waals surface area (Å²) in [5.74, 6) is -0.179. The predicted molar refractivity (Wildman–Crippen MR) is 85.7 cm³/mol. The first-order chi connectivity index (χ1) is 10.7. The second kappa shape index (κ2) is 7.00. The van der Waals surface area contributed by atoms with E-state index in [-0.39, 0.29) is 16.9 Å². The Morgan fingerprint density at radius 3 is 2.48 bits per heavy atom. The Morgan fingerprint density at radius 2 is 1.96 bits per heavy atom. The summed E-state index contributed by atoms with van der Waals surface area (Å²) in [6.07, 6.45) is 1.04. The number of aromatic nitrogens is 1. The highest BCUT2D eigenvalue weighted by atomic mass is 32.2. The number of carbonyl (C=O) groups is 1. The smallest absolute Gasteiger partial charge is 0.270 e. The van der Waals surface area contributed by atoms with Crippen molar-refractivity contribution in [1.82, 2.24) is 19.1 Å². The standard InChI is InChI=1S/C14H24N4O4S/c1-11(19)9-17-4-6-18(7-5-17)14(20)13-8-12(10-16(13)3)23(21,22)15-2/h8,10-11,15,19H,4-7,9H2,1-3H3/t11-/m0/s1. The number of amides is 1. The van der Waals surface area contributed by atoms with Crippen molar-refractivity contribution in [2.45, 2.75) is 17.9 Å². The van der Waals surface area contributed by atoms with Crippen molar-refractivity contribution in [3.05, 3.63) is 18.0 Å². The van der Waals surface area contributed by atoms with Crippen LogP contribution in [0.15, 0.2) is 17.2 Å². The molecular formula is C14H24N4O4S. The van der Waals surface area contributed by atoms with Crippen LogP contribution in [0.2, 0.25) is 0 Å². The monoisotopic (exact) mass is 344 g/mol. The summed E-state index contributed by atoms with van der Waals surface area (Å²) in [6, 6.07) is 1.40. The average Bonchev–Trinajstić information content (AvgIpc) is 2.89. The number of aliphatic hydroxyl groups is 1. The van der Waals surface area contributed by atoms with Crippen LogP contribution in [0.5, 0.6) is 0 Å². The van der Waals surface area contributed by atoms with Crippen LogP contribution in [0.3, 0.4) is 0 Å². The fourth-order valence-electron chi connectivity index (χ4n) is 2.68. The van der Waals surface area contributed by atoms with Crippen molar-refractivity contribution in [1.29, 1.82) is 0 Å². The van der Waals surface area contributed by atoms with Crippen molar-refractivity contribution in [3.8, 4) is 0 Å². The minimum Gasteiger partial charge on any atom is -0.392 e. The van der Waals surface area contributed by atoms with Gasteiger partial charge in [-0.3, -0.25) is 9.69 Å². The predicted octanol–water partition coefficient (Wildman–Crippen LogP) is -0.928. The number of aliphatic hydroxyl groups excluding tert-OH is 1. The molecule has 1 atom stereocenters. The van der Waals surface area contributed by atoms with Crippen molar-refractivity contribution in [2.75, 3.05) is 39.8 Å². The third kappa shape index (κ3) is 4.11. The Morgan fingerprint density at radius 1 is 1.35 bits per heavy atom. The zero-order chi connectivity index (χ0) is 17.2. The molecule has 1 aromatic rings. The fraction of sp³-hybridized carbons (Fsp3) is 0.643. The molecule has 0 unspecified atom stereocenters. The van der Waals surface area contributed by atoms with E-state index in [1.807, 2.05) is 0 Å². The normalized spacial score (nSPS) is 18.2. The van der Waals surface area contributed by atoms with Gasteiger partial charge in [0, 0.05) is 46.0 Å². The van der Waals surface area contributed by atoms with Crippen LogP contribution in [0.25, 0.3) is 0 Å². The van der Waals surface area contributed by atoms with Crippen molar-refractivity contribution < 1.29 is 18.3 Å². The molecule has 0 radical (unpaired) electrons. The first kappa shape index (κ1) is 17.9. The van der Waals surface area contributed by atoms with Crippen molar-refractivity contribution in [2.24, 2.45) is 7.05 Å². The van der Waals surface area contributed by atoms with E-state index >= 15 is 0 Å². The van der Waals surface area contributed by atoms with Crippen LogP contribution in [0, 0.1) is 0 Å². The lowest BCUT2D eigenvalue weighted by molar-refractivity contribution is 0.0546. The van der Waals surface area contributed by atoms with E-state index < -0.39 is 10.0 Å². The van der Waals surface area contributed by atoms with Crippen LogP contribution in [0.1, 0.15) is 17.4 Å². The third-order valence-electron chi connectivity index (χ3n) is 3.96. The molecule has 0 aliphatic carbocycles. The summed E-state index contributed by atoms with van der Waals surface area (Å²) in [7, 11) is -0.567. The number of β-amino-alcohol motifs (C(OH)–C–C–N with tert-alkyl or cyclic N) is 1. The number of nitrogens with zero attached hydrogens (tertiary/aromatic N) is 3. The number of hydrogen-bond donors (Lipinski definition) is 2. The average molecular weight is 344 g/mol. The summed E-state index contributed by atoms with van der Waals surface area (Å²) in [6.45, 7) is 4.85.